The molecule has 4 heteroatoms. The molecule has 0 atom stereocenters. The fourth-order valence-electron chi connectivity index (χ4n) is 2.63. The Kier molecular flexibility index (Phi) is 4.47. The van der Waals surface area contributed by atoms with E-state index in [0.717, 1.165) is 45.1 Å². The van der Waals surface area contributed by atoms with E-state index in [1.54, 1.807) is 20.5 Å². The normalized spacial score (nSPS) is 10.5. The van der Waals surface area contributed by atoms with Crippen LogP contribution in [0.1, 0.15) is 11.1 Å². The van der Waals surface area contributed by atoms with Crippen molar-refractivity contribution in [3.8, 4) is 34.0 Å². The van der Waals surface area contributed by atoms with Crippen LogP contribution in [0, 0.1) is 13.8 Å². The first-order chi connectivity index (χ1) is 11.6. The predicted molar refractivity (Wildman–Crippen MR) is 95.5 cm³/mol. The van der Waals surface area contributed by atoms with Crippen LogP contribution in [0.3, 0.4) is 0 Å². The van der Waals surface area contributed by atoms with E-state index in [-0.39, 0.29) is 0 Å². The Hall–Kier alpha value is -2.88. The molecule has 2 aromatic carbocycles. The first kappa shape index (κ1) is 16.0. The minimum atomic E-state index is 0.852. The molecule has 0 aliphatic heterocycles. The van der Waals surface area contributed by atoms with Crippen molar-refractivity contribution in [2.45, 2.75) is 13.8 Å². The smallest absolute Gasteiger partial charge is 0.122 e. The quantitative estimate of drug-likeness (QED) is 0.712. The number of hydrogen-bond acceptors (Lipinski definition) is 4. The van der Waals surface area contributed by atoms with Gasteiger partial charge in [-0.3, -0.25) is 0 Å². The average molecular weight is 320 g/mol. The van der Waals surface area contributed by atoms with Gasteiger partial charge in [0.05, 0.1) is 25.6 Å². The third-order valence-corrected chi connectivity index (χ3v) is 4.07. The lowest BCUT2D eigenvalue weighted by atomic mass is 10.0. The molecular weight excluding hydrogens is 300 g/mol. The van der Waals surface area contributed by atoms with Crippen LogP contribution in [0.25, 0.3) is 22.5 Å². The molecule has 0 spiro atoms. The van der Waals surface area contributed by atoms with Crippen LogP contribution >= 0.6 is 0 Å². The van der Waals surface area contributed by atoms with E-state index in [9.17, 15) is 0 Å². The van der Waals surface area contributed by atoms with Crippen molar-refractivity contribution in [1.82, 2.24) is 9.97 Å². The van der Waals surface area contributed by atoms with Crippen LogP contribution in [-0.4, -0.2) is 24.2 Å². The Morgan fingerprint density at radius 2 is 1.12 bits per heavy atom. The molecule has 0 bridgehead atoms. The summed E-state index contributed by atoms with van der Waals surface area (Å²) in [5.41, 5.74) is 5.91. The van der Waals surface area contributed by atoms with E-state index in [0.29, 0.717) is 0 Å². The van der Waals surface area contributed by atoms with Gasteiger partial charge in [-0.2, -0.15) is 0 Å². The first-order valence-corrected chi connectivity index (χ1v) is 7.74. The van der Waals surface area contributed by atoms with Gasteiger partial charge in [0, 0.05) is 11.1 Å². The molecule has 1 aromatic heterocycles. The predicted octanol–water partition coefficient (Wildman–Crippen LogP) is 4.44. The van der Waals surface area contributed by atoms with Crippen molar-refractivity contribution in [3.63, 3.8) is 0 Å². The third kappa shape index (κ3) is 3.08. The Bertz CT molecular complexity index is 807. The highest BCUT2D eigenvalue weighted by Crippen LogP contribution is 2.29. The molecular formula is C20H20N2O2. The van der Waals surface area contributed by atoms with Crippen molar-refractivity contribution in [1.29, 1.82) is 0 Å². The number of hydrogen-bond donors (Lipinski definition) is 0. The monoisotopic (exact) mass is 320 g/mol. The van der Waals surface area contributed by atoms with Crippen LogP contribution in [0.5, 0.6) is 11.5 Å². The molecule has 0 amide bonds. The zero-order chi connectivity index (χ0) is 17.1. The van der Waals surface area contributed by atoms with Gasteiger partial charge in [-0.1, -0.05) is 24.3 Å². The fraction of sp³-hybridized carbons (Fsp3) is 0.200. The van der Waals surface area contributed by atoms with Gasteiger partial charge in [0.2, 0.25) is 0 Å². The minimum Gasteiger partial charge on any atom is -0.496 e. The van der Waals surface area contributed by atoms with Gasteiger partial charge in [-0.25, -0.2) is 9.97 Å². The largest absolute Gasteiger partial charge is 0.496 e. The second-order valence-corrected chi connectivity index (χ2v) is 5.66. The molecule has 0 aliphatic rings. The number of rotatable bonds is 4. The lowest BCUT2D eigenvalue weighted by Crippen LogP contribution is -1.93. The van der Waals surface area contributed by atoms with Crippen LogP contribution in [0.15, 0.2) is 48.8 Å². The summed E-state index contributed by atoms with van der Waals surface area (Å²) in [6, 6.07) is 14.1. The summed E-state index contributed by atoms with van der Waals surface area (Å²) in [7, 11) is 3.35. The van der Waals surface area contributed by atoms with Gasteiger partial charge in [-0.15, -0.1) is 0 Å². The summed E-state index contributed by atoms with van der Waals surface area (Å²) < 4.78 is 10.8. The summed E-state index contributed by atoms with van der Waals surface area (Å²) in [5, 5.41) is 0. The van der Waals surface area contributed by atoms with Crippen molar-refractivity contribution >= 4 is 0 Å². The molecule has 0 aliphatic carbocycles. The van der Waals surface area contributed by atoms with Gasteiger partial charge in [0.15, 0.2) is 0 Å². The molecule has 1 heterocycles. The van der Waals surface area contributed by atoms with Gasteiger partial charge >= 0.3 is 0 Å². The zero-order valence-corrected chi connectivity index (χ0v) is 14.3. The van der Waals surface area contributed by atoms with Crippen LogP contribution in [0.2, 0.25) is 0 Å². The van der Waals surface area contributed by atoms with Gasteiger partial charge < -0.3 is 9.47 Å². The van der Waals surface area contributed by atoms with Gasteiger partial charge in [0.1, 0.15) is 17.8 Å². The maximum Gasteiger partial charge on any atom is 0.122 e. The van der Waals surface area contributed by atoms with Crippen molar-refractivity contribution < 1.29 is 9.47 Å². The summed E-state index contributed by atoms with van der Waals surface area (Å²) >= 11 is 0. The maximum absolute atomic E-state index is 5.41. The molecule has 4 nitrogen and oxygen atoms in total. The fourth-order valence-corrected chi connectivity index (χ4v) is 2.63. The topological polar surface area (TPSA) is 44.2 Å². The van der Waals surface area contributed by atoms with E-state index >= 15 is 0 Å². The van der Waals surface area contributed by atoms with Crippen LogP contribution in [-0.2, 0) is 0 Å². The molecule has 122 valence electrons. The lowest BCUT2D eigenvalue weighted by molar-refractivity contribution is 0.412. The lowest BCUT2D eigenvalue weighted by Gasteiger charge is -2.10. The number of benzene rings is 2. The van der Waals surface area contributed by atoms with Crippen molar-refractivity contribution in [2.75, 3.05) is 14.2 Å². The molecule has 0 N–H and O–H groups in total. The molecule has 0 saturated heterocycles. The summed E-state index contributed by atoms with van der Waals surface area (Å²) in [6.07, 6.45) is 1.59. The number of nitrogens with zero attached hydrogens (tertiary/aromatic N) is 2. The summed E-state index contributed by atoms with van der Waals surface area (Å²) in [5.74, 6) is 1.70. The zero-order valence-electron chi connectivity index (χ0n) is 14.3. The minimum absolute atomic E-state index is 0.852. The molecule has 0 unspecified atom stereocenters. The number of aryl methyl sites for hydroxylation is 2. The second kappa shape index (κ2) is 6.71. The SMILES string of the molecule is COc1cc(-c2cc(-c3ccc(C)c(OC)c3)ncn2)ccc1C. The third-order valence-electron chi connectivity index (χ3n) is 4.07. The Balaban J connectivity index is 2.03. The average Bonchev–Trinajstić information content (AvgIpc) is 2.62. The van der Waals surface area contributed by atoms with E-state index < -0.39 is 0 Å². The van der Waals surface area contributed by atoms with E-state index in [1.807, 2.05) is 56.3 Å². The molecule has 0 radical (unpaired) electrons. The molecule has 0 fully saturated rings. The molecule has 0 saturated carbocycles. The Morgan fingerprint density at radius 3 is 1.54 bits per heavy atom. The maximum atomic E-state index is 5.41. The van der Waals surface area contributed by atoms with Crippen LogP contribution < -0.4 is 9.47 Å². The highest BCUT2D eigenvalue weighted by Gasteiger charge is 2.08. The van der Waals surface area contributed by atoms with Crippen LogP contribution in [0.4, 0.5) is 0 Å². The first-order valence-electron chi connectivity index (χ1n) is 7.74. The second-order valence-electron chi connectivity index (χ2n) is 5.66. The molecule has 24 heavy (non-hydrogen) atoms. The number of ether oxygens (including phenoxy) is 2. The van der Waals surface area contributed by atoms with Gasteiger partial charge in [-0.05, 0) is 43.2 Å². The highest BCUT2D eigenvalue weighted by atomic mass is 16.5. The summed E-state index contributed by atoms with van der Waals surface area (Å²) in [6.45, 7) is 4.04. The van der Waals surface area contributed by atoms with Crippen molar-refractivity contribution in [2.24, 2.45) is 0 Å². The number of methoxy groups -OCH3 is 2. The highest BCUT2D eigenvalue weighted by molar-refractivity contribution is 5.69. The Labute approximate surface area is 142 Å². The number of aromatic nitrogens is 2. The standard InChI is InChI=1S/C20H20N2O2/c1-13-5-7-15(9-19(13)23-3)17-11-18(22-12-21-17)16-8-6-14(2)20(10-16)24-4/h5-12H,1-4H3. The van der Waals surface area contributed by atoms with E-state index in [2.05, 4.69) is 9.97 Å². The summed E-state index contributed by atoms with van der Waals surface area (Å²) in [4.78, 5) is 8.80. The Morgan fingerprint density at radius 1 is 0.667 bits per heavy atom. The molecule has 3 rings (SSSR count). The molecule has 3 aromatic rings. The van der Waals surface area contributed by atoms with E-state index in [1.165, 1.54) is 0 Å². The van der Waals surface area contributed by atoms with Crippen molar-refractivity contribution in [3.05, 3.63) is 59.9 Å². The van der Waals surface area contributed by atoms with Gasteiger partial charge in [0.25, 0.3) is 0 Å². The van der Waals surface area contributed by atoms with E-state index in [4.69, 9.17) is 9.47 Å².